The summed E-state index contributed by atoms with van der Waals surface area (Å²) in [6, 6.07) is 29.1. The number of nitrogens with one attached hydrogen (secondary N) is 1. The molecule has 1 fully saturated rings. The van der Waals surface area contributed by atoms with Crippen LogP contribution in [0.15, 0.2) is 89.3 Å². The lowest BCUT2D eigenvalue weighted by atomic mass is 10.2. The summed E-state index contributed by atoms with van der Waals surface area (Å²) in [7, 11) is 0. The number of rotatable bonds is 4. The van der Waals surface area contributed by atoms with Gasteiger partial charge in [0.25, 0.3) is 0 Å². The summed E-state index contributed by atoms with van der Waals surface area (Å²) >= 11 is 0. The van der Waals surface area contributed by atoms with Crippen molar-refractivity contribution < 1.29 is 21.7 Å². The number of furan rings is 1. The molecule has 0 unspecified atom stereocenters. The van der Waals surface area contributed by atoms with Crippen LogP contribution in [0.4, 0.5) is 5.82 Å². The number of hydrogen-bond donors (Lipinski definition) is 1. The van der Waals surface area contributed by atoms with Crippen LogP contribution < -0.4 is 22.2 Å². The summed E-state index contributed by atoms with van der Waals surface area (Å²) < 4.78 is 6.28. The lowest BCUT2D eigenvalue weighted by Crippen LogP contribution is -3.13. The Balaban J connectivity index is 0.00000228. The largest absolute Gasteiger partial charge is 1.00 e. The highest BCUT2D eigenvalue weighted by atomic mass is 35.5. The highest BCUT2D eigenvalue weighted by Crippen LogP contribution is 2.34. The predicted molar refractivity (Wildman–Crippen MR) is 128 cm³/mol. The molecule has 33 heavy (non-hydrogen) atoms. The van der Waals surface area contributed by atoms with Crippen LogP contribution in [0.2, 0.25) is 0 Å². The molecule has 1 aliphatic heterocycles. The van der Waals surface area contributed by atoms with E-state index in [4.69, 9.17) is 14.4 Å². The van der Waals surface area contributed by atoms with Crippen molar-refractivity contribution in [1.82, 2.24) is 9.97 Å². The highest BCUT2D eigenvalue weighted by Gasteiger charge is 2.26. The first kappa shape index (κ1) is 21.4. The normalized spacial score (nSPS) is 14.5. The molecular formula is C27H25ClN4O. The number of para-hydroxylation sites is 1. The monoisotopic (exact) mass is 456 g/mol. The molecule has 6 rings (SSSR count). The summed E-state index contributed by atoms with van der Waals surface area (Å²) in [4.78, 5) is 13.9. The van der Waals surface area contributed by atoms with Gasteiger partial charge in [-0.15, -0.1) is 0 Å². The summed E-state index contributed by atoms with van der Waals surface area (Å²) in [6.45, 7) is 5.09. The highest BCUT2D eigenvalue weighted by molar-refractivity contribution is 6.06. The maximum atomic E-state index is 6.28. The van der Waals surface area contributed by atoms with E-state index in [1.54, 1.807) is 4.90 Å². The average molecular weight is 457 g/mol. The Kier molecular flexibility index (Phi) is 5.99. The Morgan fingerprint density at radius 3 is 2.21 bits per heavy atom. The predicted octanol–water partition coefficient (Wildman–Crippen LogP) is 0.952. The van der Waals surface area contributed by atoms with Gasteiger partial charge < -0.3 is 26.6 Å². The SMILES string of the molecule is [Cl-].c1ccc(C[NH+]2CCN(c3nc(-c4ccccc4)nc4c3oc3ccccc34)CC2)cc1. The second-order valence-electron chi connectivity index (χ2n) is 8.41. The maximum absolute atomic E-state index is 6.28. The minimum absolute atomic E-state index is 0. The molecule has 5 aromatic rings. The van der Waals surface area contributed by atoms with Crippen LogP contribution >= 0.6 is 0 Å². The minimum atomic E-state index is 0. The van der Waals surface area contributed by atoms with Crippen molar-refractivity contribution in [3.05, 3.63) is 90.5 Å². The zero-order valence-electron chi connectivity index (χ0n) is 18.2. The van der Waals surface area contributed by atoms with Crippen LogP contribution in [0.25, 0.3) is 33.5 Å². The molecule has 0 bridgehead atoms. The van der Waals surface area contributed by atoms with Gasteiger partial charge >= 0.3 is 0 Å². The van der Waals surface area contributed by atoms with Crippen molar-refractivity contribution in [2.75, 3.05) is 31.1 Å². The van der Waals surface area contributed by atoms with Gasteiger partial charge in [0, 0.05) is 16.5 Å². The standard InChI is InChI=1S/C27H24N4O.ClH/c1-3-9-20(10-4-1)19-30-15-17-31(18-16-30)27-25-24(22-13-7-8-14-23(22)32-25)28-26(29-27)21-11-5-2-6-12-21;/h1-14H,15-19H2;1H. The molecule has 1 N–H and O–H groups in total. The Labute approximate surface area is 199 Å². The number of nitrogens with zero attached hydrogens (tertiary/aromatic N) is 3. The van der Waals surface area contributed by atoms with Crippen LogP contribution in [0.1, 0.15) is 5.56 Å². The molecule has 0 radical (unpaired) electrons. The van der Waals surface area contributed by atoms with Crippen LogP contribution in [0, 0.1) is 0 Å². The van der Waals surface area contributed by atoms with Crippen molar-refractivity contribution in [3.63, 3.8) is 0 Å². The molecule has 0 atom stereocenters. The lowest BCUT2D eigenvalue weighted by molar-refractivity contribution is -0.914. The molecule has 0 amide bonds. The number of quaternary nitrogens is 1. The van der Waals surface area contributed by atoms with E-state index in [9.17, 15) is 0 Å². The number of anilines is 1. The maximum Gasteiger partial charge on any atom is 0.196 e. The number of aromatic nitrogens is 2. The van der Waals surface area contributed by atoms with Gasteiger partial charge in [-0.1, -0.05) is 72.8 Å². The van der Waals surface area contributed by atoms with E-state index < -0.39 is 0 Å². The van der Waals surface area contributed by atoms with E-state index in [0.29, 0.717) is 0 Å². The van der Waals surface area contributed by atoms with Gasteiger partial charge in [0.2, 0.25) is 0 Å². The molecule has 3 aromatic carbocycles. The fourth-order valence-corrected chi connectivity index (χ4v) is 4.60. The van der Waals surface area contributed by atoms with E-state index in [1.807, 2.05) is 36.4 Å². The van der Waals surface area contributed by atoms with Crippen molar-refractivity contribution in [2.24, 2.45) is 0 Å². The third-order valence-electron chi connectivity index (χ3n) is 6.30. The van der Waals surface area contributed by atoms with Crippen molar-refractivity contribution >= 4 is 27.9 Å². The summed E-state index contributed by atoms with van der Waals surface area (Å²) in [5, 5.41) is 1.04. The Hall–Kier alpha value is -3.41. The van der Waals surface area contributed by atoms with Gasteiger partial charge in [0.15, 0.2) is 17.2 Å². The second kappa shape index (κ2) is 9.22. The summed E-state index contributed by atoms with van der Waals surface area (Å²) in [6.07, 6.45) is 0. The first-order valence-corrected chi connectivity index (χ1v) is 11.2. The van der Waals surface area contributed by atoms with Crippen molar-refractivity contribution in [1.29, 1.82) is 0 Å². The molecule has 166 valence electrons. The topological polar surface area (TPSA) is 46.6 Å². The fourth-order valence-electron chi connectivity index (χ4n) is 4.60. The van der Waals surface area contributed by atoms with Gasteiger partial charge in [0.1, 0.15) is 17.6 Å². The first-order chi connectivity index (χ1) is 15.8. The molecule has 3 heterocycles. The summed E-state index contributed by atoms with van der Waals surface area (Å²) in [5.74, 6) is 1.66. The second-order valence-corrected chi connectivity index (χ2v) is 8.41. The van der Waals surface area contributed by atoms with E-state index >= 15 is 0 Å². The quantitative estimate of drug-likeness (QED) is 0.437. The molecule has 5 nitrogen and oxygen atoms in total. The van der Waals surface area contributed by atoms with Crippen LogP contribution in [0.5, 0.6) is 0 Å². The Morgan fingerprint density at radius 2 is 1.45 bits per heavy atom. The zero-order valence-corrected chi connectivity index (χ0v) is 19.0. The smallest absolute Gasteiger partial charge is 0.196 e. The van der Waals surface area contributed by atoms with Crippen molar-refractivity contribution in [2.45, 2.75) is 6.54 Å². The van der Waals surface area contributed by atoms with Gasteiger partial charge in [0.05, 0.1) is 26.2 Å². The van der Waals surface area contributed by atoms with E-state index in [0.717, 1.165) is 72.0 Å². The molecule has 2 aromatic heterocycles. The Morgan fingerprint density at radius 1 is 0.788 bits per heavy atom. The van der Waals surface area contributed by atoms with Crippen LogP contribution in [-0.4, -0.2) is 36.1 Å². The van der Waals surface area contributed by atoms with E-state index in [-0.39, 0.29) is 12.4 Å². The van der Waals surface area contributed by atoms with E-state index in [2.05, 4.69) is 53.4 Å². The van der Waals surface area contributed by atoms with E-state index in [1.165, 1.54) is 5.56 Å². The molecule has 0 spiro atoms. The lowest BCUT2D eigenvalue weighted by Gasteiger charge is -2.33. The number of piperazine rings is 1. The molecule has 0 aliphatic carbocycles. The molecule has 1 aliphatic rings. The number of halogens is 1. The number of fused-ring (bicyclic) bond motifs is 3. The third kappa shape index (κ3) is 4.17. The Bertz CT molecular complexity index is 1360. The molecule has 1 saturated heterocycles. The average Bonchev–Trinajstić information content (AvgIpc) is 3.24. The molecular weight excluding hydrogens is 432 g/mol. The van der Waals surface area contributed by atoms with Crippen molar-refractivity contribution in [3.8, 4) is 11.4 Å². The van der Waals surface area contributed by atoms with Gasteiger partial charge in [-0.25, -0.2) is 9.97 Å². The van der Waals surface area contributed by atoms with Gasteiger partial charge in [-0.05, 0) is 12.1 Å². The molecule has 6 heteroatoms. The third-order valence-corrected chi connectivity index (χ3v) is 6.30. The minimum Gasteiger partial charge on any atom is -1.00 e. The van der Waals surface area contributed by atoms with Gasteiger partial charge in [-0.2, -0.15) is 0 Å². The number of benzene rings is 3. The molecule has 0 saturated carbocycles. The van der Waals surface area contributed by atoms with Crippen LogP contribution in [0.3, 0.4) is 0 Å². The fraction of sp³-hybridized carbons (Fsp3) is 0.185. The number of hydrogen-bond acceptors (Lipinski definition) is 4. The van der Waals surface area contributed by atoms with Crippen LogP contribution in [-0.2, 0) is 6.54 Å². The summed E-state index contributed by atoms with van der Waals surface area (Å²) in [5.41, 5.74) is 4.95. The first-order valence-electron chi connectivity index (χ1n) is 11.2. The zero-order chi connectivity index (χ0) is 21.3. The van der Waals surface area contributed by atoms with Gasteiger partial charge in [-0.3, -0.25) is 0 Å².